The van der Waals surface area contributed by atoms with Crippen molar-refractivity contribution in [2.24, 2.45) is 0 Å². The van der Waals surface area contributed by atoms with Gasteiger partial charge in [0.25, 0.3) is 0 Å². The number of rotatable bonds is 1. The molecule has 1 aromatic rings. The van der Waals surface area contributed by atoms with E-state index in [-0.39, 0.29) is 5.91 Å². The number of hydrogen-bond donors (Lipinski definition) is 0. The van der Waals surface area contributed by atoms with E-state index in [9.17, 15) is 4.79 Å². The van der Waals surface area contributed by atoms with Crippen molar-refractivity contribution in [3.05, 3.63) is 17.5 Å². The van der Waals surface area contributed by atoms with E-state index in [0.29, 0.717) is 11.0 Å². The van der Waals surface area contributed by atoms with Gasteiger partial charge in [-0.05, 0) is 0 Å². The first-order chi connectivity index (χ1) is 6.31. The number of aromatic nitrogens is 1. The predicted molar refractivity (Wildman–Crippen MR) is 54.5 cm³/mol. The van der Waals surface area contributed by atoms with E-state index in [4.69, 9.17) is 4.52 Å². The van der Waals surface area contributed by atoms with Gasteiger partial charge in [0.1, 0.15) is 5.76 Å². The van der Waals surface area contributed by atoms with Gasteiger partial charge >= 0.3 is 0 Å². The summed E-state index contributed by atoms with van der Waals surface area (Å²) in [4.78, 5) is 13.2. The second-order valence-electron chi connectivity index (χ2n) is 2.97. The number of alkyl halides is 1. The topological polar surface area (TPSA) is 46.3 Å². The molecule has 0 saturated carbocycles. The Balaban J connectivity index is 2.13. The molecule has 70 valence electrons. The highest BCUT2D eigenvalue weighted by Crippen LogP contribution is 2.18. The van der Waals surface area contributed by atoms with Crippen LogP contribution in [0.4, 0.5) is 0 Å². The Morgan fingerprint density at radius 3 is 3.38 bits per heavy atom. The van der Waals surface area contributed by atoms with Gasteiger partial charge < -0.3 is 9.42 Å². The molecule has 1 aliphatic rings. The molecule has 0 aromatic carbocycles. The molecule has 4 nitrogen and oxygen atoms in total. The van der Waals surface area contributed by atoms with Crippen LogP contribution >= 0.6 is 22.6 Å². The number of carbonyl (C=O) groups is 1. The largest absolute Gasteiger partial charge is 0.361 e. The molecule has 0 saturated heterocycles. The van der Waals surface area contributed by atoms with E-state index in [2.05, 4.69) is 27.7 Å². The Morgan fingerprint density at radius 2 is 2.62 bits per heavy atom. The van der Waals surface area contributed by atoms with Crippen LogP contribution in [0.25, 0.3) is 0 Å². The number of nitrogens with zero attached hydrogens (tertiary/aromatic N) is 2. The van der Waals surface area contributed by atoms with Gasteiger partial charge in [0.05, 0.1) is 17.2 Å². The normalized spacial score (nSPS) is 15.6. The van der Waals surface area contributed by atoms with Crippen molar-refractivity contribution in [1.82, 2.24) is 10.1 Å². The van der Waals surface area contributed by atoms with Gasteiger partial charge in [-0.3, -0.25) is 4.79 Å². The Morgan fingerprint density at radius 1 is 1.77 bits per heavy atom. The summed E-state index contributed by atoms with van der Waals surface area (Å²) in [7, 11) is 0. The molecule has 0 atom stereocenters. The lowest BCUT2D eigenvalue weighted by atomic mass is 10.1. The Kier molecular flexibility index (Phi) is 2.52. The zero-order valence-corrected chi connectivity index (χ0v) is 9.15. The Hall–Kier alpha value is -0.590. The van der Waals surface area contributed by atoms with E-state index in [1.807, 2.05) is 4.90 Å². The van der Waals surface area contributed by atoms with Crippen LogP contribution in [0.2, 0.25) is 0 Å². The first-order valence-electron chi connectivity index (χ1n) is 4.07. The van der Waals surface area contributed by atoms with Gasteiger partial charge in [-0.2, -0.15) is 0 Å². The lowest BCUT2D eigenvalue weighted by Crippen LogP contribution is -2.36. The number of fused-ring (bicyclic) bond motifs is 1. The molecule has 0 fully saturated rings. The standard InChI is InChI=1S/C8H9IN2O2/c9-3-8(12)11-2-1-7-6(5-11)4-10-13-7/h4H,1-3,5H2. The second kappa shape index (κ2) is 3.65. The summed E-state index contributed by atoms with van der Waals surface area (Å²) in [5.74, 6) is 1.12. The summed E-state index contributed by atoms with van der Waals surface area (Å²) in [6.45, 7) is 1.41. The number of carbonyl (C=O) groups excluding carboxylic acids is 1. The van der Waals surface area contributed by atoms with E-state index in [1.54, 1.807) is 6.20 Å². The monoisotopic (exact) mass is 292 g/mol. The minimum absolute atomic E-state index is 0.187. The van der Waals surface area contributed by atoms with E-state index in [1.165, 1.54) is 0 Å². The molecule has 0 bridgehead atoms. The van der Waals surface area contributed by atoms with Crippen molar-refractivity contribution in [1.29, 1.82) is 0 Å². The highest BCUT2D eigenvalue weighted by Gasteiger charge is 2.22. The van der Waals surface area contributed by atoms with E-state index >= 15 is 0 Å². The van der Waals surface area contributed by atoms with Crippen LogP contribution in [0.15, 0.2) is 10.7 Å². The zero-order chi connectivity index (χ0) is 9.26. The van der Waals surface area contributed by atoms with Crippen molar-refractivity contribution in [3.8, 4) is 0 Å². The SMILES string of the molecule is O=C(CI)N1CCc2oncc2C1. The molecule has 1 aliphatic heterocycles. The lowest BCUT2D eigenvalue weighted by molar-refractivity contribution is -0.129. The Labute approximate surface area is 89.4 Å². The van der Waals surface area contributed by atoms with Gasteiger partial charge in [0, 0.05) is 18.5 Å². The fourth-order valence-electron chi connectivity index (χ4n) is 1.44. The van der Waals surface area contributed by atoms with Gasteiger partial charge in [-0.15, -0.1) is 0 Å². The van der Waals surface area contributed by atoms with Crippen molar-refractivity contribution in [2.75, 3.05) is 11.0 Å². The molecule has 0 aliphatic carbocycles. The van der Waals surface area contributed by atoms with Crippen LogP contribution in [0, 0.1) is 0 Å². The summed E-state index contributed by atoms with van der Waals surface area (Å²) in [6, 6.07) is 0. The summed E-state index contributed by atoms with van der Waals surface area (Å²) in [5, 5.41) is 3.71. The number of halogens is 1. The maximum Gasteiger partial charge on any atom is 0.232 e. The second-order valence-corrected chi connectivity index (χ2v) is 3.74. The summed E-state index contributed by atoms with van der Waals surface area (Å²) in [5.41, 5.74) is 1.05. The molecule has 5 heteroatoms. The molecule has 2 heterocycles. The molecule has 0 N–H and O–H groups in total. The minimum Gasteiger partial charge on any atom is -0.361 e. The average molecular weight is 292 g/mol. The lowest BCUT2D eigenvalue weighted by Gasteiger charge is -2.24. The molecule has 0 radical (unpaired) electrons. The maximum absolute atomic E-state index is 11.4. The maximum atomic E-state index is 11.4. The first-order valence-corrected chi connectivity index (χ1v) is 5.60. The molecule has 13 heavy (non-hydrogen) atoms. The summed E-state index contributed by atoms with van der Waals surface area (Å²) < 4.78 is 5.57. The molecular weight excluding hydrogens is 283 g/mol. The summed E-state index contributed by atoms with van der Waals surface area (Å²) >= 11 is 2.08. The van der Waals surface area contributed by atoms with Crippen molar-refractivity contribution >= 4 is 28.5 Å². The molecule has 1 aromatic heterocycles. The number of hydrogen-bond acceptors (Lipinski definition) is 3. The minimum atomic E-state index is 0.187. The van der Waals surface area contributed by atoms with Gasteiger partial charge in [-0.1, -0.05) is 27.7 Å². The zero-order valence-electron chi connectivity index (χ0n) is 6.99. The first kappa shape index (κ1) is 8.98. The van der Waals surface area contributed by atoms with Crippen LogP contribution in [-0.2, 0) is 17.8 Å². The average Bonchev–Trinajstić information content (AvgIpc) is 2.63. The third-order valence-corrected chi connectivity index (χ3v) is 2.82. The molecule has 1 amide bonds. The van der Waals surface area contributed by atoms with Crippen LogP contribution in [-0.4, -0.2) is 26.9 Å². The van der Waals surface area contributed by atoms with Gasteiger partial charge in [0.15, 0.2) is 0 Å². The molecular formula is C8H9IN2O2. The third kappa shape index (κ3) is 1.70. The fraction of sp³-hybridized carbons (Fsp3) is 0.500. The number of amides is 1. The summed E-state index contributed by atoms with van der Waals surface area (Å²) in [6.07, 6.45) is 2.49. The van der Waals surface area contributed by atoms with Crippen LogP contribution in [0.5, 0.6) is 0 Å². The van der Waals surface area contributed by atoms with Crippen molar-refractivity contribution in [2.45, 2.75) is 13.0 Å². The smallest absolute Gasteiger partial charge is 0.232 e. The van der Waals surface area contributed by atoms with Crippen LogP contribution in [0.1, 0.15) is 11.3 Å². The van der Waals surface area contributed by atoms with Crippen LogP contribution < -0.4 is 0 Å². The van der Waals surface area contributed by atoms with Gasteiger partial charge in [-0.25, -0.2) is 0 Å². The van der Waals surface area contributed by atoms with Gasteiger partial charge in [0.2, 0.25) is 5.91 Å². The van der Waals surface area contributed by atoms with Crippen LogP contribution in [0.3, 0.4) is 0 Å². The molecule has 0 unspecified atom stereocenters. The molecule has 0 spiro atoms. The highest BCUT2D eigenvalue weighted by atomic mass is 127. The van der Waals surface area contributed by atoms with Crippen molar-refractivity contribution in [3.63, 3.8) is 0 Å². The predicted octanol–water partition coefficient (Wildman–Crippen LogP) is 0.994. The third-order valence-electron chi connectivity index (χ3n) is 2.17. The van der Waals surface area contributed by atoms with E-state index < -0.39 is 0 Å². The highest BCUT2D eigenvalue weighted by molar-refractivity contribution is 14.1. The quantitative estimate of drug-likeness (QED) is 0.573. The fourth-order valence-corrected chi connectivity index (χ4v) is 1.92. The Bertz CT molecular complexity index is 324. The van der Waals surface area contributed by atoms with E-state index in [0.717, 1.165) is 24.3 Å². The van der Waals surface area contributed by atoms with Crippen molar-refractivity contribution < 1.29 is 9.32 Å². The molecule has 2 rings (SSSR count).